The highest BCUT2D eigenvalue weighted by atomic mass is 14.9. The second-order valence-electron chi connectivity index (χ2n) is 7.89. The number of hydrogen-bond acceptors (Lipinski definition) is 1. The van der Waals surface area contributed by atoms with Gasteiger partial charge in [0, 0.05) is 6.04 Å². The molecule has 1 aliphatic heterocycles. The fraction of sp³-hybridized carbons (Fsp3) is 0.684. The molecule has 0 radical (unpaired) electrons. The van der Waals surface area contributed by atoms with Gasteiger partial charge in [-0.1, -0.05) is 24.3 Å². The minimum Gasteiger partial charge on any atom is -0.309 e. The molecule has 20 heavy (non-hydrogen) atoms. The van der Waals surface area contributed by atoms with Gasteiger partial charge < -0.3 is 5.32 Å². The minimum atomic E-state index is 0.662. The molecule has 1 N–H and O–H groups in total. The molecular weight excluding hydrogens is 242 g/mol. The van der Waals surface area contributed by atoms with Gasteiger partial charge in [-0.25, -0.2) is 0 Å². The minimum absolute atomic E-state index is 0.662. The molecule has 6 rings (SSSR count). The molecule has 0 aromatic heterocycles. The molecule has 1 atom stereocenters. The Hall–Kier alpha value is -0.820. The monoisotopic (exact) mass is 267 g/mol. The van der Waals surface area contributed by atoms with Crippen molar-refractivity contribution in [3.63, 3.8) is 0 Å². The van der Waals surface area contributed by atoms with E-state index in [1.807, 2.05) is 0 Å². The number of nitrogens with one attached hydrogen (secondary N) is 1. The van der Waals surface area contributed by atoms with Gasteiger partial charge in [0.05, 0.1) is 0 Å². The summed E-state index contributed by atoms with van der Waals surface area (Å²) in [5.74, 6) is 5.16. The first kappa shape index (κ1) is 11.8. The fourth-order valence-corrected chi connectivity index (χ4v) is 6.39. The molecule has 0 amide bonds. The molecule has 4 bridgehead atoms. The van der Waals surface area contributed by atoms with Crippen molar-refractivity contribution in [2.45, 2.75) is 44.6 Å². The predicted molar refractivity (Wildman–Crippen MR) is 81.4 cm³/mol. The number of hydrogen-bond donors (Lipinski definition) is 1. The van der Waals surface area contributed by atoms with Crippen LogP contribution in [0, 0.1) is 29.6 Å². The van der Waals surface area contributed by atoms with Crippen LogP contribution in [0.2, 0.25) is 0 Å². The summed E-state index contributed by atoms with van der Waals surface area (Å²) in [5, 5.41) is 3.90. The zero-order chi connectivity index (χ0) is 13.1. The summed E-state index contributed by atoms with van der Waals surface area (Å²) < 4.78 is 0. The Morgan fingerprint density at radius 1 is 0.850 bits per heavy atom. The summed E-state index contributed by atoms with van der Waals surface area (Å²) in [6, 6.07) is 9.89. The van der Waals surface area contributed by atoms with Gasteiger partial charge in [-0.05, 0) is 85.8 Å². The molecule has 1 aromatic rings. The van der Waals surface area contributed by atoms with E-state index in [1.54, 1.807) is 17.5 Å². The molecule has 1 nitrogen and oxygen atoms in total. The first-order valence-corrected chi connectivity index (χ1v) is 8.69. The van der Waals surface area contributed by atoms with E-state index in [-0.39, 0.29) is 0 Å². The summed E-state index contributed by atoms with van der Waals surface area (Å²) in [5.41, 5.74) is 3.25. The Morgan fingerprint density at radius 2 is 1.55 bits per heavy atom. The maximum Gasteiger partial charge on any atom is 0.0356 e. The molecule has 4 saturated carbocycles. The van der Waals surface area contributed by atoms with Gasteiger partial charge in [-0.2, -0.15) is 0 Å². The van der Waals surface area contributed by atoms with Gasteiger partial charge >= 0.3 is 0 Å². The first-order valence-electron chi connectivity index (χ1n) is 8.69. The average molecular weight is 267 g/mol. The van der Waals surface area contributed by atoms with E-state index in [9.17, 15) is 0 Å². The largest absolute Gasteiger partial charge is 0.309 e. The topological polar surface area (TPSA) is 12.0 Å². The van der Waals surface area contributed by atoms with Gasteiger partial charge in [0.15, 0.2) is 0 Å². The number of rotatable bonds is 1. The lowest BCUT2D eigenvalue weighted by Gasteiger charge is -2.57. The third kappa shape index (κ3) is 1.65. The molecule has 0 spiro atoms. The van der Waals surface area contributed by atoms with Crippen LogP contribution < -0.4 is 5.32 Å². The normalized spacial score (nSPS) is 45.4. The Balaban J connectivity index is 1.52. The van der Waals surface area contributed by atoms with E-state index < -0.39 is 0 Å². The maximum absolute atomic E-state index is 3.90. The Bertz CT molecular complexity index is 492. The maximum atomic E-state index is 3.90. The van der Waals surface area contributed by atoms with Gasteiger partial charge in [-0.15, -0.1) is 0 Å². The van der Waals surface area contributed by atoms with Crippen molar-refractivity contribution in [3.05, 3.63) is 35.4 Å². The Morgan fingerprint density at radius 3 is 2.30 bits per heavy atom. The Kier molecular flexibility index (Phi) is 2.56. The van der Waals surface area contributed by atoms with Gasteiger partial charge in [0.25, 0.3) is 0 Å². The SMILES string of the molecule is c1ccc2c(c1)CCNC2C1C2CC3CC(C2)CC1C3. The zero-order valence-corrected chi connectivity index (χ0v) is 12.2. The number of fused-ring (bicyclic) bond motifs is 1. The molecule has 1 heteroatoms. The third-order valence-corrected chi connectivity index (χ3v) is 6.83. The predicted octanol–water partition coefficient (Wildman–Crippen LogP) is 3.95. The summed E-state index contributed by atoms with van der Waals surface area (Å²) in [6.07, 6.45) is 8.94. The lowest BCUT2D eigenvalue weighted by atomic mass is 9.50. The molecule has 1 heterocycles. The third-order valence-electron chi connectivity index (χ3n) is 6.83. The molecule has 4 fully saturated rings. The molecular formula is C19H25N. The molecule has 5 aliphatic rings. The van der Waals surface area contributed by atoms with Crippen molar-refractivity contribution in [1.29, 1.82) is 0 Å². The van der Waals surface area contributed by atoms with Crippen LogP contribution in [0.15, 0.2) is 24.3 Å². The first-order chi connectivity index (χ1) is 9.88. The van der Waals surface area contributed by atoms with Crippen LogP contribution >= 0.6 is 0 Å². The van der Waals surface area contributed by atoms with Crippen molar-refractivity contribution in [1.82, 2.24) is 5.32 Å². The lowest BCUT2D eigenvalue weighted by molar-refractivity contribution is -0.0533. The van der Waals surface area contributed by atoms with Crippen LogP contribution in [0.25, 0.3) is 0 Å². The second kappa shape index (κ2) is 4.34. The van der Waals surface area contributed by atoms with Crippen molar-refractivity contribution >= 4 is 0 Å². The van der Waals surface area contributed by atoms with E-state index in [2.05, 4.69) is 29.6 Å². The smallest absolute Gasteiger partial charge is 0.0356 e. The lowest BCUT2D eigenvalue weighted by Crippen LogP contribution is -2.50. The van der Waals surface area contributed by atoms with E-state index in [1.165, 1.54) is 38.6 Å². The highest BCUT2D eigenvalue weighted by molar-refractivity contribution is 5.33. The summed E-state index contributed by atoms with van der Waals surface area (Å²) in [4.78, 5) is 0. The van der Waals surface area contributed by atoms with Crippen LogP contribution in [-0.4, -0.2) is 6.54 Å². The summed E-state index contributed by atoms with van der Waals surface area (Å²) >= 11 is 0. The van der Waals surface area contributed by atoms with Crippen LogP contribution in [0.3, 0.4) is 0 Å². The molecule has 1 aromatic carbocycles. The highest BCUT2D eigenvalue weighted by Crippen LogP contribution is 2.59. The number of benzene rings is 1. The standard InChI is InChI=1S/C19H25N/c1-2-4-17-14(3-1)5-6-20-19(17)18-15-8-12-7-13(10-15)11-16(18)9-12/h1-4,12-13,15-16,18-20H,5-11H2. The van der Waals surface area contributed by atoms with Crippen LogP contribution in [0.1, 0.15) is 49.3 Å². The summed E-state index contributed by atoms with van der Waals surface area (Å²) in [6.45, 7) is 1.18. The van der Waals surface area contributed by atoms with Gasteiger partial charge in [0.1, 0.15) is 0 Å². The molecule has 0 saturated heterocycles. The van der Waals surface area contributed by atoms with Crippen molar-refractivity contribution in [2.75, 3.05) is 6.54 Å². The van der Waals surface area contributed by atoms with Crippen LogP contribution in [-0.2, 0) is 6.42 Å². The molecule has 4 aliphatic carbocycles. The molecule has 106 valence electrons. The van der Waals surface area contributed by atoms with Crippen LogP contribution in [0.4, 0.5) is 0 Å². The van der Waals surface area contributed by atoms with Crippen molar-refractivity contribution < 1.29 is 0 Å². The van der Waals surface area contributed by atoms with Gasteiger partial charge in [0.2, 0.25) is 0 Å². The van der Waals surface area contributed by atoms with E-state index in [4.69, 9.17) is 0 Å². The van der Waals surface area contributed by atoms with Crippen molar-refractivity contribution in [3.8, 4) is 0 Å². The van der Waals surface area contributed by atoms with E-state index in [0.717, 1.165) is 29.6 Å². The van der Waals surface area contributed by atoms with E-state index >= 15 is 0 Å². The van der Waals surface area contributed by atoms with E-state index in [0.29, 0.717) is 6.04 Å². The average Bonchev–Trinajstić information content (AvgIpc) is 2.46. The molecule has 1 unspecified atom stereocenters. The highest BCUT2D eigenvalue weighted by Gasteiger charge is 2.51. The zero-order valence-electron chi connectivity index (χ0n) is 12.2. The Labute approximate surface area is 122 Å². The summed E-state index contributed by atoms with van der Waals surface area (Å²) in [7, 11) is 0. The fourth-order valence-electron chi connectivity index (χ4n) is 6.39. The van der Waals surface area contributed by atoms with Crippen molar-refractivity contribution in [2.24, 2.45) is 29.6 Å². The van der Waals surface area contributed by atoms with Gasteiger partial charge in [-0.3, -0.25) is 0 Å². The quantitative estimate of drug-likeness (QED) is 0.812. The second-order valence-corrected chi connectivity index (χ2v) is 7.89. The van der Waals surface area contributed by atoms with Crippen LogP contribution in [0.5, 0.6) is 0 Å².